The standard InChI is InChI=1S/C29H28N4O/c1-29(34)15-23(16-29)18-7-11-21(12-8-18)27-24(19-5-3-2-4-6-19)13-22-17-30-26-14-25(20-9-10-20)32-33(26)28(22)31-27/h2-7,11-14,17-18,20,23,34H,8-10,15-16H2,1H3. The average Bonchev–Trinajstić information content (AvgIpc) is 3.60. The number of aromatic nitrogens is 4. The van der Waals surface area contributed by atoms with Crippen LogP contribution >= 0.6 is 0 Å². The molecule has 7 rings (SSSR count). The Hall–Kier alpha value is -3.31. The summed E-state index contributed by atoms with van der Waals surface area (Å²) in [5.41, 5.74) is 6.79. The maximum absolute atomic E-state index is 10.2. The molecule has 2 saturated carbocycles. The zero-order chi connectivity index (χ0) is 22.9. The van der Waals surface area contributed by atoms with Crippen LogP contribution in [0, 0.1) is 11.8 Å². The summed E-state index contributed by atoms with van der Waals surface area (Å²) in [5.74, 6) is 1.64. The normalized spacial score (nSPS) is 26.6. The molecule has 0 amide bonds. The van der Waals surface area contributed by atoms with E-state index >= 15 is 0 Å². The lowest BCUT2D eigenvalue weighted by atomic mass is 9.65. The number of benzene rings is 1. The van der Waals surface area contributed by atoms with Gasteiger partial charge < -0.3 is 5.11 Å². The summed E-state index contributed by atoms with van der Waals surface area (Å²) in [6, 6.07) is 14.8. The zero-order valence-corrected chi connectivity index (χ0v) is 19.4. The highest BCUT2D eigenvalue weighted by molar-refractivity contribution is 5.91. The summed E-state index contributed by atoms with van der Waals surface area (Å²) in [6.45, 7) is 1.95. The second-order valence-electron chi connectivity index (χ2n) is 10.6. The van der Waals surface area contributed by atoms with E-state index in [2.05, 4.69) is 59.6 Å². The lowest BCUT2D eigenvalue weighted by molar-refractivity contribution is -0.0696. The van der Waals surface area contributed by atoms with Gasteiger partial charge in [-0.05, 0) is 68.1 Å². The molecule has 5 heteroatoms. The Morgan fingerprint density at radius 1 is 1.09 bits per heavy atom. The summed E-state index contributed by atoms with van der Waals surface area (Å²) in [7, 11) is 0. The summed E-state index contributed by atoms with van der Waals surface area (Å²) in [5, 5.41) is 16.1. The summed E-state index contributed by atoms with van der Waals surface area (Å²) in [4.78, 5) is 9.91. The molecule has 34 heavy (non-hydrogen) atoms. The molecule has 4 aromatic rings. The molecule has 0 bridgehead atoms. The van der Waals surface area contributed by atoms with E-state index in [4.69, 9.17) is 10.1 Å². The van der Waals surface area contributed by atoms with Crippen molar-refractivity contribution in [1.29, 1.82) is 0 Å². The number of hydrogen-bond acceptors (Lipinski definition) is 4. The molecule has 2 fully saturated rings. The number of aliphatic hydroxyl groups is 1. The van der Waals surface area contributed by atoms with Crippen LogP contribution < -0.4 is 0 Å². The van der Waals surface area contributed by atoms with E-state index < -0.39 is 5.60 Å². The minimum atomic E-state index is -0.481. The van der Waals surface area contributed by atoms with E-state index in [1.165, 1.54) is 12.8 Å². The molecule has 0 aliphatic heterocycles. The second kappa shape index (κ2) is 7.34. The van der Waals surface area contributed by atoms with Crippen molar-refractivity contribution in [3.05, 3.63) is 78.3 Å². The molecule has 3 aliphatic rings. The molecule has 3 aliphatic carbocycles. The second-order valence-corrected chi connectivity index (χ2v) is 10.6. The van der Waals surface area contributed by atoms with Crippen LogP contribution in [0.2, 0.25) is 0 Å². The van der Waals surface area contributed by atoms with Crippen molar-refractivity contribution >= 4 is 22.3 Å². The van der Waals surface area contributed by atoms with Gasteiger partial charge in [0.2, 0.25) is 0 Å². The van der Waals surface area contributed by atoms with Crippen LogP contribution in [0.1, 0.15) is 56.3 Å². The molecule has 0 saturated heterocycles. The Bertz CT molecular complexity index is 1470. The Labute approximate surface area is 198 Å². The minimum absolute atomic E-state index is 0.481. The largest absolute Gasteiger partial charge is 0.390 e. The van der Waals surface area contributed by atoms with Crippen LogP contribution in [-0.2, 0) is 0 Å². The predicted molar refractivity (Wildman–Crippen MR) is 134 cm³/mol. The van der Waals surface area contributed by atoms with Crippen LogP contribution in [0.15, 0.2) is 66.9 Å². The lowest BCUT2D eigenvalue weighted by Crippen LogP contribution is -2.43. The number of allylic oxidation sites excluding steroid dienone is 4. The first-order valence-corrected chi connectivity index (χ1v) is 12.4. The molecular weight excluding hydrogens is 420 g/mol. The Morgan fingerprint density at radius 3 is 2.62 bits per heavy atom. The zero-order valence-electron chi connectivity index (χ0n) is 19.4. The predicted octanol–water partition coefficient (Wildman–Crippen LogP) is 5.94. The lowest BCUT2D eigenvalue weighted by Gasteiger charge is -2.44. The van der Waals surface area contributed by atoms with Crippen LogP contribution in [-0.4, -0.2) is 30.3 Å². The number of rotatable bonds is 4. The molecule has 3 aromatic heterocycles. The van der Waals surface area contributed by atoms with Crippen molar-refractivity contribution in [1.82, 2.24) is 19.6 Å². The van der Waals surface area contributed by atoms with Crippen LogP contribution in [0.5, 0.6) is 0 Å². The fourth-order valence-corrected chi connectivity index (χ4v) is 5.73. The van der Waals surface area contributed by atoms with E-state index in [-0.39, 0.29) is 0 Å². The van der Waals surface area contributed by atoms with Gasteiger partial charge in [0.25, 0.3) is 0 Å². The van der Waals surface area contributed by atoms with Crippen LogP contribution in [0.25, 0.3) is 33.4 Å². The van der Waals surface area contributed by atoms with Gasteiger partial charge in [-0.2, -0.15) is 9.61 Å². The third-order valence-corrected chi connectivity index (χ3v) is 7.77. The molecule has 170 valence electrons. The fourth-order valence-electron chi connectivity index (χ4n) is 5.73. The van der Waals surface area contributed by atoms with Gasteiger partial charge in [0.1, 0.15) is 0 Å². The number of hydrogen-bond donors (Lipinski definition) is 1. The molecule has 1 unspecified atom stereocenters. The average molecular weight is 449 g/mol. The van der Waals surface area contributed by atoms with Crippen molar-refractivity contribution in [2.24, 2.45) is 11.8 Å². The van der Waals surface area contributed by atoms with E-state index in [0.717, 1.165) is 64.0 Å². The van der Waals surface area contributed by atoms with Crippen molar-refractivity contribution in [3.63, 3.8) is 0 Å². The molecular formula is C29H28N4O. The van der Waals surface area contributed by atoms with Crippen molar-refractivity contribution in [2.45, 2.75) is 50.5 Å². The topological polar surface area (TPSA) is 63.3 Å². The van der Waals surface area contributed by atoms with Gasteiger partial charge in [-0.15, -0.1) is 0 Å². The molecule has 0 spiro atoms. The van der Waals surface area contributed by atoms with E-state index in [9.17, 15) is 5.11 Å². The monoisotopic (exact) mass is 448 g/mol. The van der Waals surface area contributed by atoms with Gasteiger partial charge in [-0.25, -0.2) is 9.97 Å². The quantitative estimate of drug-likeness (QED) is 0.419. The Morgan fingerprint density at radius 2 is 1.91 bits per heavy atom. The van der Waals surface area contributed by atoms with E-state index in [1.807, 2.05) is 23.7 Å². The third kappa shape index (κ3) is 3.38. The summed E-state index contributed by atoms with van der Waals surface area (Å²) >= 11 is 0. The van der Waals surface area contributed by atoms with Crippen LogP contribution in [0.3, 0.4) is 0 Å². The summed E-state index contributed by atoms with van der Waals surface area (Å²) < 4.78 is 1.92. The van der Waals surface area contributed by atoms with Crippen molar-refractivity contribution < 1.29 is 5.11 Å². The fraction of sp³-hybridized carbons (Fsp3) is 0.345. The Kier molecular flexibility index (Phi) is 4.34. The SMILES string of the molecule is CC1(O)CC(C2C=CC(c3nc4c(cnc5cc(C6CC6)nn54)cc3-c3ccccc3)=CC2)C1. The van der Waals surface area contributed by atoms with Gasteiger partial charge in [-0.1, -0.05) is 48.6 Å². The van der Waals surface area contributed by atoms with E-state index in [0.29, 0.717) is 17.8 Å². The van der Waals surface area contributed by atoms with Gasteiger partial charge >= 0.3 is 0 Å². The van der Waals surface area contributed by atoms with E-state index in [1.54, 1.807) is 0 Å². The number of pyridine rings is 1. The van der Waals surface area contributed by atoms with Gasteiger partial charge in [-0.3, -0.25) is 0 Å². The molecule has 1 aromatic carbocycles. The number of fused-ring (bicyclic) bond motifs is 3. The van der Waals surface area contributed by atoms with Gasteiger partial charge in [0.15, 0.2) is 11.3 Å². The highest BCUT2D eigenvalue weighted by Gasteiger charge is 2.41. The maximum atomic E-state index is 10.2. The highest BCUT2D eigenvalue weighted by Crippen LogP contribution is 2.45. The van der Waals surface area contributed by atoms with Crippen molar-refractivity contribution in [3.8, 4) is 11.1 Å². The van der Waals surface area contributed by atoms with Gasteiger partial charge in [0.05, 0.1) is 17.0 Å². The van der Waals surface area contributed by atoms with Crippen molar-refractivity contribution in [2.75, 3.05) is 0 Å². The maximum Gasteiger partial charge on any atom is 0.165 e. The highest BCUT2D eigenvalue weighted by atomic mass is 16.3. The first-order valence-electron chi connectivity index (χ1n) is 12.4. The smallest absolute Gasteiger partial charge is 0.165 e. The molecule has 1 N–H and O–H groups in total. The first-order chi connectivity index (χ1) is 16.5. The summed E-state index contributed by atoms with van der Waals surface area (Å²) in [6.07, 6.45) is 14.0. The first kappa shape index (κ1) is 20.1. The Balaban J connectivity index is 1.34. The van der Waals surface area contributed by atoms with Crippen LogP contribution in [0.4, 0.5) is 0 Å². The minimum Gasteiger partial charge on any atom is -0.390 e. The molecule has 0 radical (unpaired) electrons. The van der Waals surface area contributed by atoms with Gasteiger partial charge in [0, 0.05) is 29.1 Å². The molecule has 5 nitrogen and oxygen atoms in total. The molecule has 3 heterocycles. The molecule has 1 atom stereocenters. The third-order valence-electron chi connectivity index (χ3n) is 7.77. The number of nitrogens with zero attached hydrogens (tertiary/aromatic N) is 4.